The molecule has 0 radical (unpaired) electrons. The summed E-state index contributed by atoms with van der Waals surface area (Å²) >= 11 is 0. The summed E-state index contributed by atoms with van der Waals surface area (Å²) in [6.07, 6.45) is 1.57. The molecule has 0 saturated carbocycles. The first kappa shape index (κ1) is 17.6. The zero-order chi connectivity index (χ0) is 16.9. The predicted octanol–water partition coefficient (Wildman–Crippen LogP) is 1.69. The van der Waals surface area contributed by atoms with Crippen LogP contribution in [0.4, 0.5) is 16.2 Å². The van der Waals surface area contributed by atoms with Gasteiger partial charge in [0.2, 0.25) is 10.0 Å². The summed E-state index contributed by atoms with van der Waals surface area (Å²) in [5.74, 6) is 0.189. The van der Waals surface area contributed by atoms with E-state index in [0.29, 0.717) is 37.5 Å². The molecule has 1 aromatic carbocycles. The molecule has 2 N–H and O–H groups in total. The van der Waals surface area contributed by atoms with Crippen LogP contribution in [0.15, 0.2) is 18.2 Å². The number of hydrogen-bond donors (Lipinski definition) is 2. The Morgan fingerprint density at radius 2 is 2.13 bits per heavy atom. The van der Waals surface area contributed by atoms with E-state index in [1.165, 1.54) is 4.31 Å². The standard InChI is InChI=1S/C15H23N3O4S/c1-12-11-13(17-15(19)16-7-9-22-2)5-6-14(12)18-8-3-4-10-23(18,20)21/h5-6,11H,3-4,7-10H2,1-2H3,(H2,16,17,19). The van der Waals surface area contributed by atoms with E-state index in [1.54, 1.807) is 25.3 Å². The summed E-state index contributed by atoms with van der Waals surface area (Å²) < 4.78 is 30.7. The minimum atomic E-state index is -3.23. The molecule has 2 amide bonds. The van der Waals surface area contributed by atoms with Gasteiger partial charge in [0.15, 0.2) is 0 Å². The molecule has 0 aliphatic carbocycles. The van der Waals surface area contributed by atoms with Gasteiger partial charge in [-0.2, -0.15) is 0 Å². The molecule has 128 valence electrons. The molecular weight excluding hydrogens is 318 g/mol. The zero-order valence-electron chi connectivity index (χ0n) is 13.5. The number of hydrogen-bond acceptors (Lipinski definition) is 4. The van der Waals surface area contributed by atoms with Gasteiger partial charge in [-0.15, -0.1) is 0 Å². The topological polar surface area (TPSA) is 87.7 Å². The summed E-state index contributed by atoms with van der Waals surface area (Å²) in [4.78, 5) is 11.7. The molecule has 1 heterocycles. The minimum absolute atomic E-state index is 0.189. The van der Waals surface area contributed by atoms with E-state index in [1.807, 2.05) is 6.92 Å². The van der Waals surface area contributed by atoms with Gasteiger partial charge in [0, 0.05) is 25.9 Å². The summed E-state index contributed by atoms with van der Waals surface area (Å²) in [6.45, 7) is 3.21. The van der Waals surface area contributed by atoms with Crippen molar-refractivity contribution in [1.29, 1.82) is 0 Å². The van der Waals surface area contributed by atoms with Gasteiger partial charge in [-0.1, -0.05) is 0 Å². The lowest BCUT2D eigenvalue weighted by Crippen LogP contribution is -2.38. The van der Waals surface area contributed by atoms with Crippen molar-refractivity contribution in [2.24, 2.45) is 0 Å². The normalized spacial score (nSPS) is 16.9. The molecule has 0 unspecified atom stereocenters. The van der Waals surface area contributed by atoms with Crippen molar-refractivity contribution in [3.05, 3.63) is 23.8 Å². The number of ether oxygens (including phenoxy) is 1. The molecule has 1 aliphatic heterocycles. The second-order valence-electron chi connectivity index (χ2n) is 5.47. The number of nitrogens with one attached hydrogen (secondary N) is 2. The number of urea groups is 1. The van der Waals surface area contributed by atoms with Crippen LogP contribution in [0.25, 0.3) is 0 Å². The highest BCUT2D eigenvalue weighted by Gasteiger charge is 2.27. The first-order valence-corrected chi connectivity index (χ1v) is 9.20. The number of nitrogens with zero attached hydrogens (tertiary/aromatic N) is 1. The van der Waals surface area contributed by atoms with Gasteiger partial charge in [0.1, 0.15) is 0 Å². The fourth-order valence-corrected chi connectivity index (χ4v) is 4.22. The third kappa shape index (κ3) is 4.59. The van der Waals surface area contributed by atoms with Crippen LogP contribution in [-0.4, -0.2) is 47.0 Å². The summed E-state index contributed by atoms with van der Waals surface area (Å²) in [7, 11) is -1.66. The van der Waals surface area contributed by atoms with Gasteiger partial charge in [0.05, 0.1) is 18.0 Å². The number of amides is 2. The van der Waals surface area contributed by atoms with Crippen molar-refractivity contribution in [2.45, 2.75) is 19.8 Å². The fraction of sp³-hybridized carbons (Fsp3) is 0.533. The predicted molar refractivity (Wildman–Crippen MR) is 90.4 cm³/mol. The monoisotopic (exact) mass is 341 g/mol. The molecular formula is C15H23N3O4S. The number of carbonyl (C=O) groups excluding carboxylic acids is 1. The Labute approximate surface area is 137 Å². The average Bonchev–Trinajstić information content (AvgIpc) is 2.48. The molecule has 1 aromatic rings. The third-order valence-electron chi connectivity index (χ3n) is 3.66. The van der Waals surface area contributed by atoms with E-state index >= 15 is 0 Å². The largest absolute Gasteiger partial charge is 0.383 e. The summed E-state index contributed by atoms with van der Waals surface area (Å²) in [5.41, 5.74) is 2.11. The lowest BCUT2D eigenvalue weighted by atomic mass is 10.1. The molecule has 23 heavy (non-hydrogen) atoms. The minimum Gasteiger partial charge on any atom is -0.383 e. The van der Waals surface area contributed by atoms with E-state index in [-0.39, 0.29) is 11.8 Å². The molecule has 1 saturated heterocycles. The van der Waals surface area contributed by atoms with E-state index in [0.717, 1.165) is 12.0 Å². The highest BCUT2D eigenvalue weighted by Crippen LogP contribution is 2.28. The van der Waals surface area contributed by atoms with Crippen LogP contribution >= 0.6 is 0 Å². The van der Waals surface area contributed by atoms with Crippen LogP contribution in [0.3, 0.4) is 0 Å². The van der Waals surface area contributed by atoms with E-state index in [2.05, 4.69) is 10.6 Å². The van der Waals surface area contributed by atoms with Gasteiger partial charge in [-0.25, -0.2) is 13.2 Å². The molecule has 1 aliphatic rings. The molecule has 0 spiro atoms. The number of anilines is 2. The number of sulfonamides is 1. The molecule has 8 heteroatoms. The van der Waals surface area contributed by atoms with Crippen molar-refractivity contribution >= 4 is 27.4 Å². The molecule has 7 nitrogen and oxygen atoms in total. The maximum atomic E-state index is 12.2. The van der Waals surface area contributed by atoms with E-state index in [4.69, 9.17) is 4.74 Å². The van der Waals surface area contributed by atoms with Crippen molar-refractivity contribution in [2.75, 3.05) is 42.2 Å². The second-order valence-corrected chi connectivity index (χ2v) is 7.48. The van der Waals surface area contributed by atoms with Gasteiger partial charge in [-0.3, -0.25) is 4.31 Å². The first-order valence-electron chi connectivity index (χ1n) is 7.59. The van der Waals surface area contributed by atoms with Crippen LogP contribution in [0.2, 0.25) is 0 Å². The zero-order valence-corrected chi connectivity index (χ0v) is 14.3. The summed E-state index contributed by atoms with van der Waals surface area (Å²) in [5, 5.41) is 5.38. The molecule has 2 rings (SSSR count). The first-order chi connectivity index (χ1) is 10.9. The lowest BCUT2D eigenvalue weighted by molar-refractivity contribution is 0.198. The Hall–Kier alpha value is -1.80. The Kier molecular flexibility index (Phi) is 5.84. The number of methoxy groups -OCH3 is 1. The quantitative estimate of drug-likeness (QED) is 0.798. The number of benzene rings is 1. The van der Waals surface area contributed by atoms with Crippen molar-refractivity contribution < 1.29 is 17.9 Å². The maximum absolute atomic E-state index is 12.2. The van der Waals surface area contributed by atoms with Gasteiger partial charge in [0.25, 0.3) is 0 Å². The van der Waals surface area contributed by atoms with E-state index in [9.17, 15) is 13.2 Å². The molecule has 0 bridgehead atoms. The van der Waals surface area contributed by atoms with Crippen molar-refractivity contribution in [3.63, 3.8) is 0 Å². The van der Waals surface area contributed by atoms with Crippen molar-refractivity contribution in [1.82, 2.24) is 5.32 Å². The van der Waals surface area contributed by atoms with Crippen LogP contribution in [-0.2, 0) is 14.8 Å². The Morgan fingerprint density at radius 3 is 2.78 bits per heavy atom. The average molecular weight is 341 g/mol. The molecule has 0 atom stereocenters. The van der Waals surface area contributed by atoms with Gasteiger partial charge in [-0.05, 0) is 43.5 Å². The maximum Gasteiger partial charge on any atom is 0.319 e. The number of carbonyl (C=O) groups is 1. The number of rotatable bonds is 5. The SMILES string of the molecule is COCCNC(=O)Nc1ccc(N2CCCCS2(=O)=O)c(C)c1. The summed E-state index contributed by atoms with van der Waals surface area (Å²) in [6, 6.07) is 4.90. The van der Waals surface area contributed by atoms with Crippen LogP contribution < -0.4 is 14.9 Å². The van der Waals surface area contributed by atoms with Crippen LogP contribution in [0, 0.1) is 6.92 Å². The highest BCUT2D eigenvalue weighted by molar-refractivity contribution is 7.92. The Balaban J connectivity index is 2.07. The van der Waals surface area contributed by atoms with Crippen molar-refractivity contribution in [3.8, 4) is 0 Å². The van der Waals surface area contributed by atoms with Gasteiger partial charge >= 0.3 is 6.03 Å². The third-order valence-corrected chi connectivity index (χ3v) is 5.52. The molecule has 1 fully saturated rings. The smallest absolute Gasteiger partial charge is 0.319 e. The Morgan fingerprint density at radius 1 is 1.35 bits per heavy atom. The van der Waals surface area contributed by atoms with E-state index < -0.39 is 10.0 Å². The molecule has 0 aromatic heterocycles. The second kappa shape index (κ2) is 7.65. The fourth-order valence-electron chi connectivity index (χ4n) is 2.51. The lowest BCUT2D eigenvalue weighted by Gasteiger charge is -2.29. The van der Waals surface area contributed by atoms with Crippen LogP contribution in [0.1, 0.15) is 18.4 Å². The number of aryl methyl sites for hydroxylation is 1. The highest BCUT2D eigenvalue weighted by atomic mass is 32.2. The van der Waals surface area contributed by atoms with Crippen LogP contribution in [0.5, 0.6) is 0 Å². The Bertz CT molecular complexity index is 661. The van der Waals surface area contributed by atoms with Gasteiger partial charge < -0.3 is 15.4 Å².